The Morgan fingerprint density at radius 1 is 1.10 bits per heavy atom. The van der Waals surface area contributed by atoms with E-state index in [1.165, 1.54) is 12.1 Å². The van der Waals surface area contributed by atoms with Crippen LogP contribution in [0.3, 0.4) is 0 Å². The van der Waals surface area contributed by atoms with Gasteiger partial charge in [-0.05, 0) is 38.3 Å². The second kappa shape index (κ2) is 21.6. The predicted octanol–water partition coefficient (Wildman–Crippen LogP) is 5.21. The average Bonchev–Trinajstić information content (AvgIpc) is 2.44. The number of hydrogen-bond donors (Lipinski definition) is 1. The zero-order valence-corrected chi connectivity index (χ0v) is 16.2. The molecule has 0 amide bonds. The molecule has 3 nitrogen and oxygen atoms in total. The molecule has 0 saturated heterocycles. The highest BCUT2D eigenvalue weighted by molar-refractivity contribution is 5.82. The van der Waals surface area contributed by atoms with Gasteiger partial charge in [0.25, 0.3) is 0 Å². The van der Waals surface area contributed by atoms with Gasteiger partial charge in [-0.2, -0.15) is 0 Å². The second-order valence-corrected chi connectivity index (χ2v) is 5.62. The van der Waals surface area contributed by atoms with E-state index >= 15 is 0 Å². The molecule has 0 aliphatic rings. The van der Waals surface area contributed by atoms with Crippen LogP contribution in [0.5, 0.6) is 0 Å². The summed E-state index contributed by atoms with van der Waals surface area (Å²) in [5, 5.41) is 3.19. The van der Waals surface area contributed by atoms with Crippen LogP contribution in [0.1, 0.15) is 75.2 Å². The molecule has 1 N–H and O–H groups in total. The van der Waals surface area contributed by atoms with Gasteiger partial charge in [0.1, 0.15) is 0 Å². The first kappa shape index (κ1) is 25.3. The maximum atomic E-state index is 4.46. The molecule has 0 unspecified atom stereocenters. The van der Waals surface area contributed by atoms with Crippen molar-refractivity contribution in [2.45, 2.75) is 75.2 Å². The largest absolute Gasteiger partial charge is 0.296 e. The SMILES string of the molecule is C/C=N\CNCCN=C(C)CC(C)C.CC.CCC(C)C. The normalized spacial score (nSPS) is 11.3. The molecule has 0 rings (SSSR count). The molecule has 0 aromatic rings. The van der Waals surface area contributed by atoms with E-state index in [1.54, 1.807) is 6.21 Å². The Kier molecular flexibility index (Phi) is 26.0. The Bertz CT molecular complexity index is 231. The van der Waals surface area contributed by atoms with Gasteiger partial charge in [0, 0.05) is 12.3 Å². The van der Waals surface area contributed by atoms with Gasteiger partial charge in [0.15, 0.2) is 0 Å². The lowest BCUT2D eigenvalue weighted by molar-refractivity contribution is 0.626. The molecular formula is C18H41N3. The lowest BCUT2D eigenvalue weighted by Crippen LogP contribution is -2.18. The fraction of sp³-hybridized carbons (Fsp3) is 0.889. The quantitative estimate of drug-likeness (QED) is 0.485. The number of rotatable bonds is 8. The van der Waals surface area contributed by atoms with E-state index in [9.17, 15) is 0 Å². The number of aliphatic imine (C=N–C) groups is 2. The smallest absolute Gasteiger partial charge is 0.0880 e. The van der Waals surface area contributed by atoms with Crippen LogP contribution in [0.4, 0.5) is 0 Å². The molecule has 21 heavy (non-hydrogen) atoms. The maximum Gasteiger partial charge on any atom is 0.0880 e. The third kappa shape index (κ3) is 32.7. The number of hydrogen-bond acceptors (Lipinski definition) is 3. The molecule has 0 aliphatic heterocycles. The van der Waals surface area contributed by atoms with Crippen LogP contribution >= 0.6 is 0 Å². The molecule has 0 heterocycles. The van der Waals surface area contributed by atoms with Crippen LogP contribution in [0.2, 0.25) is 0 Å². The third-order valence-corrected chi connectivity index (χ3v) is 2.58. The molecule has 0 atom stereocenters. The molecule has 0 aromatic carbocycles. The summed E-state index contributed by atoms with van der Waals surface area (Å²) in [6.07, 6.45) is 4.22. The van der Waals surface area contributed by atoms with Gasteiger partial charge in [-0.15, -0.1) is 0 Å². The molecular weight excluding hydrogens is 258 g/mol. The lowest BCUT2D eigenvalue weighted by atomic mass is 10.1. The summed E-state index contributed by atoms with van der Waals surface area (Å²) >= 11 is 0. The Morgan fingerprint density at radius 2 is 1.62 bits per heavy atom. The Morgan fingerprint density at radius 3 is 2.00 bits per heavy atom. The molecule has 0 radical (unpaired) electrons. The molecule has 3 heteroatoms. The van der Waals surface area contributed by atoms with Gasteiger partial charge in [0.2, 0.25) is 0 Å². The van der Waals surface area contributed by atoms with Crippen molar-refractivity contribution < 1.29 is 0 Å². The first-order valence-electron chi connectivity index (χ1n) is 8.59. The Hall–Kier alpha value is -0.700. The summed E-state index contributed by atoms with van der Waals surface area (Å²) in [4.78, 5) is 8.52. The Balaban J connectivity index is -0.000000389. The van der Waals surface area contributed by atoms with E-state index in [0.717, 1.165) is 25.4 Å². The summed E-state index contributed by atoms with van der Waals surface area (Å²) in [6.45, 7) is 21.6. The monoisotopic (exact) mass is 299 g/mol. The van der Waals surface area contributed by atoms with Crippen molar-refractivity contribution >= 4 is 11.9 Å². The van der Waals surface area contributed by atoms with Crippen LogP contribution in [0.25, 0.3) is 0 Å². The van der Waals surface area contributed by atoms with E-state index in [-0.39, 0.29) is 0 Å². The summed E-state index contributed by atoms with van der Waals surface area (Å²) in [7, 11) is 0. The molecule has 0 aromatic heterocycles. The van der Waals surface area contributed by atoms with Gasteiger partial charge >= 0.3 is 0 Å². The van der Waals surface area contributed by atoms with Crippen molar-refractivity contribution in [1.82, 2.24) is 5.32 Å². The number of nitrogens with zero attached hydrogens (tertiary/aromatic N) is 2. The van der Waals surface area contributed by atoms with Crippen molar-refractivity contribution in [3.63, 3.8) is 0 Å². The molecule has 0 fully saturated rings. The first-order valence-corrected chi connectivity index (χ1v) is 8.59. The predicted molar refractivity (Wildman–Crippen MR) is 101 cm³/mol. The average molecular weight is 300 g/mol. The third-order valence-electron chi connectivity index (χ3n) is 2.58. The van der Waals surface area contributed by atoms with Gasteiger partial charge in [-0.3, -0.25) is 15.3 Å². The van der Waals surface area contributed by atoms with Crippen molar-refractivity contribution in [3.8, 4) is 0 Å². The summed E-state index contributed by atoms with van der Waals surface area (Å²) < 4.78 is 0. The van der Waals surface area contributed by atoms with Gasteiger partial charge < -0.3 is 0 Å². The lowest BCUT2D eigenvalue weighted by Gasteiger charge is -2.04. The zero-order valence-electron chi connectivity index (χ0n) is 16.2. The summed E-state index contributed by atoms with van der Waals surface area (Å²) in [6, 6.07) is 0. The van der Waals surface area contributed by atoms with Gasteiger partial charge in [0.05, 0.1) is 13.2 Å². The minimum Gasteiger partial charge on any atom is -0.296 e. The summed E-state index contributed by atoms with van der Waals surface area (Å²) in [5.74, 6) is 1.59. The Labute approximate surface area is 134 Å². The van der Waals surface area contributed by atoms with E-state index in [1.807, 2.05) is 20.8 Å². The highest BCUT2D eigenvalue weighted by atomic mass is 15.0. The van der Waals surface area contributed by atoms with E-state index in [0.29, 0.717) is 12.6 Å². The van der Waals surface area contributed by atoms with E-state index in [2.05, 4.69) is 56.8 Å². The zero-order chi connectivity index (χ0) is 17.1. The van der Waals surface area contributed by atoms with Crippen molar-refractivity contribution in [1.29, 1.82) is 0 Å². The van der Waals surface area contributed by atoms with Crippen LogP contribution < -0.4 is 5.32 Å². The minimum absolute atomic E-state index is 0.704. The standard InChI is InChI=1S/C11H23N3.C5H12.C2H6/c1-5-12-9-13-6-7-14-11(4)8-10(2)3;1-4-5(2)3;1-2/h5,10,13H,6-9H2,1-4H3;5H,4H2,1-3H3;1-2H3/b12-5-,14-11?;;. The molecule has 0 bridgehead atoms. The van der Waals surface area contributed by atoms with Gasteiger partial charge in [-0.25, -0.2) is 0 Å². The number of nitrogens with one attached hydrogen (secondary N) is 1. The maximum absolute atomic E-state index is 4.46. The van der Waals surface area contributed by atoms with Crippen LogP contribution in [0, 0.1) is 11.8 Å². The van der Waals surface area contributed by atoms with Crippen LogP contribution in [-0.4, -0.2) is 31.7 Å². The van der Waals surface area contributed by atoms with Crippen molar-refractivity contribution in [3.05, 3.63) is 0 Å². The van der Waals surface area contributed by atoms with E-state index in [4.69, 9.17) is 0 Å². The summed E-state index contributed by atoms with van der Waals surface area (Å²) in [5.41, 5.74) is 1.25. The molecule has 128 valence electrons. The first-order chi connectivity index (χ1) is 9.93. The molecule has 0 aliphatic carbocycles. The minimum atomic E-state index is 0.704. The van der Waals surface area contributed by atoms with Crippen molar-refractivity contribution in [2.75, 3.05) is 19.8 Å². The molecule has 0 saturated carbocycles. The fourth-order valence-electron chi connectivity index (χ4n) is 1.22. The van der Waals surface area contributed by atoms with Crippen molar-refractivity contribution in [2.24, 2.45) is 21.8 Å². The molecule has 0 spiro atoms. The second-order valence-electron chi connectivity index (χ2n) is 5.62. The van der Waals surface area contributed by atoms with Crippen LogP contribution in [0.15, 0.2) is 9.98 Å². The fourth-order valence-corrected chi connectivity index (χ4v) is 1.22. The topological polar surface area (TPSA) is 36.8 Å². The van der Waals surface area contributed by atoms with Gasteiger partial charge in [-0.1, -0.05) is 54.9 Å². The highest BCUT2D eigenvalue weighted by Gasteiger charge is 1.95. The highest BCUT2D eigenvalue weighted by Crippen LogP contribution is 2.00. The van der Waals surface area contributed by atoms with E-state index < -0.39 is 0 Å². The van der Waals surface area contributed by atoms with Crippen LogP contribution in [-0.2, 0) is 0 Å².